The van der Waals surface area contributed by atoms with E-state index in [1.165, 1.54) is 0 Å². The van der Waals surface area contributed by atoms with Crippen LogP contribution < -0.4 is 0 Å². The van der Waals surface area contributed by atoms with Crippen LogP contribution in [0.4, 0.5) is 0 Å². The van der Waals surface area contributed by atoms with Crippen LogP contribution in [0.1, 0.15) is 13.3 Å². The average molecular weight is 170 g/mol. The first-order valence-corrected chi connectivity index (χ1v) is 7.64. The van der Waals surface area contributed by atoms with Crippen LogP contribution >= 0.6 is 0 Å². The van der Waals surface area contributed by atoms with E-state index in [1.807, 2.05) is 6.92 Å². The van der Waals surface area contributed by atoms with Crippen LogP contribution in [0, 0.1) is 11.5 Å². The first-order chi connectivity index (χ1) is 5.06. The second-order valence-electron chi connectivity index (χ2n) is 3.50. The monoisotopic (exact) mass is 170 g/mol. The lowest BCUT2D eigenvalue weighted by Crippen LogP contribution is -2.16. The molecule has 0 bridgehead atoms. The lowest BCUT2D eigenvalue weighted by molar-refractivity contribution is 0.154. The first kappa shape index (κ1) is 10.7. The molecule has 0 heterocycles. The molecule has 1 nitrogen and oxygen atoms in total. The molecule has 0 amide bonds. The van der Waals surface area contributed by atoms with E-state index in [-0.39, 0.29) is 0 Å². The molecular weight excluding hydrogens is 152 g/mol. The van der Waals surface area contributed by atoms with Crippen LogP contribution in [-0.2, 0) is 4.74 Å². The predicted molar refractivity (Wildman–Crippen MR) is 52.2 cm³/mol. The average Bonchev–Trinajstić information content (AvgIpc) is 1.85. The maximum atomic E-state index is 5.16. The zero-order valence-electron chi connectivity index (χ0n) is 8.03. The van der Waals surface area contributed by atoms with E-state index in [9.17, 15) is 0 Å². The van der Waals surface area contributed by atoms with Gasteiger partial charge < -0.3 is 4.74 Å². The SMILES string of the molecule is CCOCCC#C[Si](C)(C)C. The third-order valence-corrected chi connectivity index (χ3v) is 1.97. The molecule has 0 aliphatic heterocycles. The molecule has 0 aromatic heterocycles. The highest BCUT2D eigenvalue weighted by molar-refractivity contribution is 6.83. The highest BCUT2D eigenvalue weighted by atomic mass is 28.3. The van der Waals surface area contributed by atoms with Gasteiger partial charge in [-0.05, 0) is 6.92 Å². The molecule has 0 aromatic rings. The standard InChI is InChI=1S/C9H18OSi/c1-5-10-8-6-7-9-11(2,3)4/h5-6,8H2,1-4H3. The Morgan fingerprint density at radius 3 is 2.36 bits per heavy atom. The van der Waals surface area contributed by atoms with Gasteiger partial charge in [0.1, 0.15) is 8.07 Å². The molecule has 0 fully saturated rings. The molecule has 0 rings (SSSR count). The number of ether oxygens (including phenoxy) is 1. The molecule has 0 aromatic carbocycles. The van der Waals surface area contributed by atoms with Crippen molar-refractivity contribution in [2.24, 2.45) is 0 Å². The summed E-state index contributed by atoms with van der Waals surface area (Å²) in [7, 11) is -1.13. The van der Waals surface area contributed by atoms with Gasteiger partial charge in [0.25, 0.3) is 0 Å². The van der Waals surface area contributed by atoms with Crippen LogP contribution in [0.15, 0.2) is 0 Å². The molecule has 0 aliphatic carbocycles. The van der Waals surface area contributed by atoms with Gasteiger partial charge in [0.05, 0.1) is 6.61 Å². The topological polar surface area (TPSA) is 9.23 Å². The Labute approximate surface area is 71.2 Å². The predicted octanol–water partition coefficient (Wildman–Crippen LogP) is 2.29. The molecule has 0 spiro atoms. The minimum absolute atomic E-state index is 0.786. The van der Waals surface area contributed by atoms with Gasteiger partial charge in [0.15, 0.2) is 0 Å². The van der Waals surface area contributed by atoms with E-state index < -0.39 is 8.07 Å². The summed E-state index contributed by atoms with van der Waals surface area (Å²) >= 11 is 0. The zero-order valence-corrected chi connectivity index (χ0v) is 9.03. The van der Waals surface area contributed by atoms with Crippen LogP contribution in [0.3, 0.4) is 0 Å². The summed E-state index contributed by atoms with van der Waals surface area (Å²) in [6, 6.07) is 0. The minimum atomic E-state index is -1.13. The Morgan fingerprint density at radius 2 is 1.91 bits per heavy atom. The molecule has 64 valence electrons. The minimum Gasteiger partial charge on any atom is -0.381 e. The van der Waals surface area contributed by atoms with Crippen LogP contribution in [-0.4, -0.2) is 21.3 Å². The van der Waals surface area contributed by atoms with Crippen molar-refractivity contribution in [3.8, 4) is 11.5 Å². The quantitative estimate of drug-likeness (QED) is 0.359. The molecule has 0 atom stereocenters. The fourth-order valence-electron chi connectivity index (χ4n) is 0.595. The number of hydrogen-bond acceptors (Lipinski definition) is 1. The van der Waals surface area contributed by atoms with Crippen molar-refractivity contribution < 1.29 is 4.74 Å². The molecule has 2 heteroatoms. The summed E-state index contributed by atoms with van der Waals surface area (Å²) in [5.74, 6) is 3.15. The second-order valence-corrected chi connectivity index (χ2v) is 8.25. The van der Waals surface area contributed by atoms with Crippen molar-refractivity contribution >= 4 is 8.07 Å². The summed E-state index contributed by atoms with van der Waals surface area (Å²) in [4.78, 5) is 0. The molecule has 11 heavy (non-hydrogen) atoms. The first-order valence-electron chi connectivity index (χ1n) is 4.14. The van der Waals surface area contributed by atoms with Gasteiger partial charge in [-0.3, -0.25) is 0 Å². The summed E-state index contributed by atoms with van der Waals surface area (Å²) in [5, 5.41) is 0. The van der Waals surface area contributed by atoms with Crippen molar-refractivity contribution in [1.29, 1.82) is 0 Å². The normalized spacial score (nSPS) is 10.5. The smallest absolute Gasteiger partial charge is 0.129 e. The Hall–Kier alpha value is -0.263. The molecule has 0 N–H and O–H groups in total. The second kappa shape index (κ2) is 5.40. The Morgan fingerprint density at radius 1 is 1.27 bits per heavy atom. The van der Waals surface area contributed by atoms with Crippen molar-refractivity contribution in [3.63, 3.8) is 0 Å². The fraction of sp³-hybridized carbons (Fsp3) is 0.778. The van der Waals surface area contributed by atoms with E-state index in [1.54, 1.807) is 0 Å². The van der Waals surface area contributed by atoms with Gasteiger partial charge in [-0.25, -0.2) is 0 Å². The molecule has 0 radical (unpaired) electrons. The number of rotatable bonds is 3. The van der Waals surface area contributed by atoms with Crippen molar-refractivity contribution in [2.75, 3.05) is 13.2 Å². The maximum absolute atomic E-state index is 5.16. The fourth-order valence-corrected chi connectivity index (χ4v) is 1.25. The number of hydrogen-bond donors (Lipinski definition) is 0. The highest BCUT2D eigenvalue weighted by Gasteiger charge is 2.06. The van der Waals surface area contributed by atoms with E-state index in [0.717, 1.165) is 19.6 Å². The lowest BCUT2D eigenvalue weighted by atomic mass is 10.5. The zero-order chi connectivity index (χ0) is 8.74. The Kier molecular flexibility index (Phi) is 5.27. The van der Waals surface area contributed by atoms with Gasteiger partial charge in [-0.2, -0.15) is 0 Å². The molecule has 0 saturated carbocycles. The molecule has 0 aliphatic rings. The molecular formula is C9H18OSi. The van der Waals surface area contributed by atoms with Crippen LogP contribution in [0.5, 0.6) is 0 Å². The van der Waals surface area contributed by atoms with Crippen LogP contribution in [0.25, 0.3) is 0 Å². The summed E-state index contributed by atoms with van der Waals surface area (Å²) < 4.78 is 5.16. The van der Waals surface area contributed by atoms with E-state index >= 15 is 0 Å². The van der Waals surface area contributed by atoms with E-state index in [2.05, 4.69) is 31.1 Å². The largest absolute Gasteiger partial charge is 0.381 e. The van der Waals surface area contributed by atoms with Gasteiger partial charge in [0, 0.05) is 13.0 Å². The van der Waals surface area contributed by atoms with Gasteiger partial charge in [0.2, 0.25) is 0 Å². The van der Waals surface area contributed by atoms with Gasteiger partial charge in [-0.1, -0.05) is 19.6 Å². The maximum Gasteiger partial charge on any atom is 0.129 e. The summed E-state index contributed by atoms with van der Waals surface area (Å²) in [6.07, 6.45) is 0.887. The van der Waals surface area contributed by atoms with E-state index in [0.29, 0.717) is 0 Å². The molecule has 0 saturated heterocycles. The van der Waals surface area contributed by atoms with E-state index in [4.69, 9.17) is 4.74 Å². The molecule has 0 unspecified atom stereocenters. The van der Waals surface area contributed by atoms with Crippen molar-refractivity contribution in [1.82, 2.24) is 0 Å². The summed E-state index contributed by atoms with van der Waals surface area (Å²) in [6.45, 7) is 10.3. The van der Waals surface area contributed by atoms with Crippen molar-refractivity contribution in [2.45, 2.75) is 33.0 Å². The van der Waals surface area contributed by atoms with Crippen molar-refractivity contribution in [3.05, 3.63) is 0 Å². The Bertz CT molecular complexity index is 147. The van der Waals surface area contributed by atoms with Crippen LogP contribution in [0.2, 0.25) is 19.6 Å². The third-order valence-electron chi connectivity index (χ3n) is 1.04. The Balaban J connectivity index is 3.41. The summed E-state index contributed by atoms with van der Waals surface area (Å²) in [5.41, 5.74) is 3.29. The van der Waals surface area contributed by atoms with Gasteiger partial charge >= 0.3 is 0 Å². The van der Waals surface area contributed by atoms with Gasteiger partial charge in [-0.15, -0.1) is 11.5 Å². The lowest BCUT2D eigenvalue weighted by Gasteiger charge is -2.03. The highest BCUT2D eigenvalue weighted by Crippen LogP contribution is 1.96. The third kappa shape index (κ3) is 9.74.